The fourth-order valence-corrected chi connectivity index (χ4v) is 4.53. The van der Waals surface area contributed by atoms with E-state index in [9.17, 15) is 13.2 Å². The molecule has 3 N–H and O–H groups in total. The number of aliphatic hydroxyl groups is 1. The highest BCUT2D eigenvalue weighted by Crippen LogP contribution is 2.30. The van der Waals surface area contributed by atoms with Crippen LogP contribution in [0.5, 0.6) is 5.75 Å². The molecule has 3 rings (SSSR count). The molecular formula is C24H25ClN2O5S. The highest BCUT2D eigenvalue weighted by atomic mass is 35.5. The summed E-state index contributed by atoms with van der Waals surface area (Å²) >= 11 is 6.22. The van der Waals surface area contributed by atoms with E-state index in [-0.39, 0.29) is 19.8 Å². The number of sulfonamides is 1. The quantitative estimate of drug-likeness (QED) is 0.455. The third-order valence-electron chi connectivity index (χ3n) is 5.04. The van der Waals surface area contributed by atoms with Gasteiger partial charge < -0.3 is 15.6 Å². The van der Waals surface area contributed by atoms with Crippen LogP contribution in [0.2, 0.25) is 5.02 Å². The van der Waals surface area contributed by atoms with Crippen molar-refractivity contribution in [3.8, 4) is 5.75 Å². The minimum absolute atomic E-state index is 0.0758. The van der Waals surface area contributed by atoms with Crippen LogP contribution in [0.15, 0.2) is 72.8 Å². The van der Waals surface area contributed by atoms with E-state index in [1.807, 2.05) is 0 Å². The number of hydrogen-bond donors (Lipinski definition) is 2. The topological polar surface area (TPSA) is 110 Å². The molecule has 0 heterocycles. The summed E-state index contributed by atoms with van der Waals surface area (Å²) in [5.74, 6) is -0.696. The summed E-state index contributed by atoms with van der Waals surface area (Å²) in [5, 5.41) is 9.34. The minimum atomic E-state index is -3.60. The number of amides is 1. The zero-order chi connectivity index (χ0) is 24.0. The zero-order valence-electron chi connectivity index (χ0n) is 18.0. The third-order valence-corrected chi connectivity index (χ3v) is 6.55. The molecule has 9 heteroatoms. The van der Waals surface area contributed by atoms with Crippen molar-refractivity contribution in [2.75, 3.05) is 23.8 Å². The molecular weight excluding hydrogens is 464 g/mol. The van der Waals surface area contributed by atoms with E-state index in [1.54, 1.807) is 72.8 Å². The van der Waals surface area contributed by atoms with Gasteiger partial charge in [0.2, 0.25) is 15.9 Å². The first kappa shape index (κ1) is 24.6. The number of benzene rings is 3. The number of anilines is 1. The number of carbonyl (C=O) groups excluding carboxylic acids is 1. The summed E-state index contributed by atoms with van der Waals surface area (Å²) in [7, 11) is -3.60. The van der Waals surface area contributed by atoms with Gasteiger partial charge in [0.1, 0.15) is 12.4 Å². The molecule has 1 atom stereocenters. The van der Waals surface area contributed by atoms with Crippen molar-refractivity contribution in [1.29, 1.82) is 0 Å². The molecule has 0 aliphatic carbocycles. The summed E-state index contributed by atoms with van der Waals surface area (Å²) in [6, 6.07) is 20.6. The Balaban J connectivity index is 1.89. The Bertz CT molecular complexity index is 1200. The zero-order valence-corrected chi connectivity index (χ0v) is 19.6. The summed E-state index contributed by atoms with van der Waals surface area (Å²) in [6.45, 7) is 0.149. The summed E-state index contributed by atoms with van der Waals surface area (Å²) in [5.41, 5.74) is 8.09. The number of hydrogen-bond acceptors (Lipinski definition) is 5. The van der Waals surface area contributed by atoms with Gasteiger partial charge in [0.25, 0.3) is 0 Å². The molecule has 1 amide bonds. The van der Waals surface area contributed by atoms with Gasteiger partial charge >= 0.3 is 0 Å². The molecule has 0 bridgehead atoms. The van der Waals surface area contributed by atoms with Crippen LogP contribution in [0.4, 0.5) is 5.69 Å². The van der Waals surface area contributed by atoms with E-state index in [4.69, 9.17) is 27.2 Å². The van der Waals surface area contributed by atoms with Crippen molar-refractivity contribution < 1.29 is 23.1 Å². The molecule has 0 aliphatic rings. The molecule has 3 aromatic rings. The van der Waals surface area contributed by atoms with Gasteiger partial charge in [-0.05, 0) is 47.0 Å². The number of nitrogens with two attached hydrogens (primary N) is 1. The number of ether oxygens (including phenoxy) is 1. The lowest BCUT2D eigenvalue weighted by atomic mass is 9.90. The third kappa shape index (κ3) is 6.25. The van der Waals surface area contributed by atoms with Crippen LogP contribution in [0.1, 0.15) is 22.6 Å². The molecule has 0 saturated carbocycles. The molecule has 0 fully saturated rings. The van der Waals surface area contributed by atoms with Crippen LogP contribution >= 0.6 is 11.6 Å². The lowest BCUT2D eigenvalue weighted by Crippen LogP contribution is -2.29. The van der Waals surface area contributed by atoms with Crippen LogP contribution in [0.3, 0.4) is 0 Å². The van der Waals surface area contributed by atoms with Crippen molar-refractivity contribution >= 4 is 33.2 Å². The average Bonchev–Trinajstić information content (AvgIpc) is 2.78. The van der Waals surface area contributed by atoms with Gasteiger partial charge in [0.15, 0.2) is 0 Å². The van der Waals surface area contributed by atoms with Crippen LogP contribution in [0.25, 0.3) is 0 Å². The largest absolute Gasteiger partial charge is 0.491 e. The molecule has 0 aromatic heterocycles. The number of aliphatic hydroxyl groups excluding tert-OH is 1. The number of primary amides is 1. The lowest BCUT2D eigenvalue weighted by Gasteiger charge is -2.24. The lowest BCUT2D eigenvalue weighted by molar-refractivity contribution is -0.118. The van der Waals surface area contributed by atoms with Gasteiger partial charge in [0, 0.05) is 5.02 Å². The Morgan fingerprint density at radius 2 is 1.61 bits per heavy atom. The Morgan fingerprint density at radius 3 is 2.12 bits per heavy atom. The van der Waals surface area contributed by atoms with Crippen molar-refractivity contribution in [1.82, 2.24) is 0 Å². The van der Waals surface area contributed by atoms with E-state index in [1.165, 1.54) is 4.31 Å². The van der Waals surface area contributed by atoms with Crippen LogP contribution in [-0.2, 0) is 21.4 Å². The van der Waals surface area contributed by atoms with Crippen LogP contribution in [-0.4, -0.2) is 38.9 Å². The van der Waals surface area contributed by atoms with E-state index in [0.29, 0.717) is 33.1 Å². The monoisotopic (exact) mass is 488 g/mol. The van der Waals surface area contributed by atoms with Gasteiger partial charge in [-0.3, -0.25) is 9.10 Å². The SMILES string of the molecule is CS(=O)(=O)N(Cc1ccccc1Cl)c1ccc(C(C(N)=O)c2ccc(OCCO)cc2)cc1. The molecule has 0 saturated heterocycles. The number of carbonyl (C=O) groups is 1. The second-order valence-corrected chi connectivity index (χ2v) is 9.74. The van der Waals surface area contributed by atoms with Gasteiger partial charge in [-0.2, -0.15) is 0 Å². The maximum Gasteiger partial charge on any atom is 0.232 e. The Morgan fingerprint density at radius 1 is 1.03 bits per heavy atom. The molecule has 1 unspecified atom stereocenters. The summed E-state index contributed by atoms with van der Waals surface area (Å²) in [4.78, 5) is 12.3. The van der Waals surface area contributed by atoms with Crippen molar-refractivity contribution in [3.63, 3.8) is 0 Å². The first-order valence-corrected chi connectivity index (χ1v) is 12.4. The van der Waals surface area contributed by atoms with Crippen molar-refractivity contribution in [2.24, 2.45) is 5.73 Å². The second kappa shape index (κ2) is 10.7. The van der Waals surface area contributed by atoms with Crippen LogP contribution < -0.4 is 14.8 Å². The maximum absolute atomic E-state index is 12.5. The predicted molar refractivity (Wildman–Crippen MR) is 129 cm³/mol. The first-order chi connectivity index (χ1) is 15.7. The van der Waals surface area contributed by atoms with E-state index in [0.717, 1.165) is 6.26 Å². The number of nitrogens with zero attached hydrogens (tertiary/aromatic N) is 1. The average molecular weight is 489 g/mol. The Kier molecular flexibility index (Phi) is 7.97. The van der Waals surface area contributed by atoms with E-state index >= 15 is 0 Å². The van der Waals surface area contributed by atoms with Gasteiger partial charge in [-0.15, -0.1) is 0 Å². The highest BCUT2D eigenvalue weighted by Gasteiger charge is 2.23. The Labute approximate surface area is 198 Å². The van der Waals surface area contributed by atoms with Gasteiger partial charge in [-0.25, -0.2) is 8.42 Å². The number of rotatable bonds is 10. The summed E-state index contributed by atoms with van der Waals surface area (Å²) < 4.78 is 31.6. The molecule has 7 nitrogen and oxygen atoms in total. The standard InChI is InChI=1S/C24H25ClN2O5S/c1-33(30,31)27(16-19-4-2-3-5-22(19)25)20-10-6-17(7-11-20)23(24(26)29)18-8-12-21(13-9-18)32-15-14-28/h2-13,23,28H,14-16H2,1H3,(H2,26,29). The molecule has 3 aromatic carbocycles. The van der Waals surface area contributed by atoms with Gasteiger partial charge in [-0.1, -0.05) is 54.1 Å². The number of halogens is 1. The van der Waals surface area contributed by atoms with E-state index < -0.39 is 21.8 Å². The molecule has 0 spiro atoms. The smallest absolute Gasteiger partial charge is 0.232 e. The fraction of sp³-hybridized carbons (Fsp3) is 0.208. The van der Waals surface area contributed by atoms with Gasteiger partial charge in [0.05, 0.1) is 31.0 Å². The van der Waals surface area contributed by atoms with E-state index in [2.05, 4.69) is 0 Å². The second-order valence-electron chi connectivity index (χ2n) is 7.43. The summed E-state index contributed by atoms with van der Waals surface area (Å²) in [6.07, 6.45) is 1.13. The van der Waals surface area contributed by atoms with Crippen molar-refractivity contribution in [2.45, 2.75) is 12.5 Å². The Hall–Kier alpha value is -3.07. The predicted octanol–water partition coefficient (Wildman–Crippen LogP) is 3.29. The normalized spacial score (nSPS) is 12.2. The molecule has 0 radical (unpaired) electrons. The minimum Gasteiger partial charge on any atom is -0.491 e. The highest BCUT2D eigenvalue weighted by molar-refractivity contribution is 7.92. The first-order valence-electron chi connectivity index (χ1n) is 10.1. The van der Waals surface area contributed by atoms with Crippen molar-refractivity contribution in [3.05, 3.63) is 94.5 Å². The molecule has 33 heavy (non-hydrogen) atoms. The maximum atomic E-state index is 12.5. The van der Waals surface area contributed by atoms with Crippen LogP contribution in [0, 0.1) is 0 Å². The fourth-order valence-electron chi connectivity index (χ4n) is 3.46. The molecule has 0 aliphatic heterocycles. The molecule has 174 valence electrons.